The van der Waals surface area contributed by atoms with Gasteiger partial charge in [0, 0.05) is 42.7 Å². The molecule has 5 heteroatoms. The second-order valence-electron chi connectivity index (χ2n) is 5.68. The highest BCUT2D eigenvalue weighted by Crippen LogP contribution is 2.17. The number of carbonyl (C=O) groups excluding carboxylic acids is 1. The molecule has 1 aliphatic rings. The van der Waals surface area contributed by atoms with E-state index in [9.17, 15) is 9.59 Å². The smallest absolute Gasteiger partial charge is 0.251 e. The summed E-state index contributed by atoms with van der Waals surface area (Å²) in [4.78, 5) is 27.6. The second kappa shape index (κ2) is 6.96. The highest BCUT2D eigenvalue weighted by atomic mass is 32.1. The van der Waals surface area contributed by atoms with Gasteiger partial charge in [-0.3, -0.25) is 9.59 Å². The van der Waals surface area contributed by atoms with Gasteiger partial charge < -0.3 is 9.47 Å². The van der Waals surface area contributed by atoms with Crippen molar-refractivity contribution in [2.45, 2.75) is 25.8 Å². The molecule has 2 aromatic rings. The molecule has 0 fully saturated rings. The summed E-state index contributed by atoms with van der Waals surface area (Å²) in [6.07, 6.45) is 3.72. The maximum atomic E-state index is 12.5. The molecule has 0 aromatic carbocycles. The van der Waals surface area contributed by atoms with Crippen LogP contribution < -0.4 is 5.56 Å². The first-order valence-corrected chi connectivity index (χ1v) is 8.69. The quantitative estimate of drug-likeness (QED) is 0.808. The van der Waals surface area contributed by atoms with Crippen molar-refractivity contribution in [3.63, 3.8) is 0 Å². The maximum absolute atomic E-state index is 12.5. The van der Waals surface area contributed by atoms with E-state index >= 15 is 0 Å². The summed E-state index contributed by atoms with van der Waals surface area (Å²) in [5, 5.41) is 1.99. The van der Waals surface area contributed by atoms with E-state index in [4.69, 9.17) is 0 Å². The van der Waals surface area contributed by atoms with Gasteiger partial charge in [0.25, 0.3) is 5.56 Å². The van der Waals surface area contributed by atoms with Gasteiger partial charge in [-0.2, -0.15) is 0 Å². The van der Waals surface area contributed by atoms with Crippen LogP contribution >= 0.6 is 11.3 Å². The Morgan fingerprint density at radius 1 is 1.26 bits per heavy atom. The number of allylic oxidation sites excluding steroid dienone is 1. The van der Waals surface area contributed by atoms with Crippen molar-refractivity contribution in [1.29, 1.82) is 0 Å². The van der Waals surface area contributed by atoms with E-state index in [1.165, 1.54) is 0 Å². The second-order valence-corrected chi connectivity index (χ2v) is 6.71. The van der Waals surface area contributed by atoms with E-state index in [1.807, 2.05) is 28.5 Å². The minimum atomic E-state index is 0.00186. The molecule has 0 saturated heterocycles. The van der Waals surface area contributed by atoms with E-state index in [0.29, 0.717) is 26.1 Å². The van der Waals surface area contributed by atoms with Crippen molar-refractivity contribution in [2.75, 3.05) is 13.1 Å². The summed E-state index contributed by atoms with van der Waals surface area (Å²) >= 11 is 1.61. The fourth-order valence-corrected chi connectivity index (χ4v) is 3.74. The number of pyridine rings is 1. The van der Waals surface area contributed by atoms with E-state index < -0.39 is 0 Å². The minimum absolute atomic E-state index is 0.00186. The number of hydrogen-bond acceptors (Lipinski definition) is 3. The number of nitrogens with zero attached hydrogens (tertiary/aromatic N) is 2. The number of hydrogen-bond donors (Lipinski definition) is 0. The molecule has 3 heterocycles. The van der Waals surface area contributed by atoms with Crippen LogP contribution in [0.15, 0.2) is 47.1 Å². The molecule has 0 N–H and O–H groups in total. The normalized spacial score (nSPS) is 14.2. The zero-order valence-electron chi connectivity index (χ0n) is 13.0. The Kier molecular flexibility index (Phi) is 4.76. The SMILES string of the molecule is C=CCn1c2c(ccc1=O)CCN(C(=O)Cc1cccs1)CC2. The van der Waals surface area contributed by atoms with Gasteiger partial charge >= 0.3 is 0 Å². The van der Waals surface area contributed by atoms with Gasteiger partial charge in [0.2, 0.25) is 5.91 Å². The van der Waals surface area contributed by atoms with Crippen molar-refractivity contribution >= 4 is 17.2 Å². The molecular weight excluding hydrogens is 308 g/mol. The van der Waals surface area contributed by atoms with Crippen molar-refractivity contribution in [3.05, 3.63) is 68.8 Å². The van der Waals surface area contributed by atoms with Crippen molar-refractivity contribution < 1.29 is 4.79 Å². The summed E-state index contributed by atoms with van der Waals surface area (Å²) in [5.74, 6) is 0.165. The molecule has 23 heavy (non-hydrogen) atoms. The predicted molar refractivity (Wildman–Crippen MR) is 92.9 cm³/mol. The molecule has 120 valence electrons. The fraction of sp³-hybridized carbons (Fsp3) is 0.333. The number of carbonyl (C=O) groups is 1. The Morgan fingerprint density at radius 3 is 2.83 bits per heavy atom. The lowest BCUT2D eigenvalue weighted by Crippen LogP contribution is -2.34. The monoisotopic (exact) mass is 328 g/mol. The molecule has 0 saturated carbocycles. The van der Waals surface area contributed by atoms with Gasteiger partial charge in [0.05, 0.1) is 6.42 Å². The third-order valence-corrected chi connectivity index (χ3v) is 5.11. The van der Waals surface area contributed by atoms with Gasteiger partial charge in [0.15, 0.2) is 0 Å². The van der Waals surface area contributed by atoms with Gasteiger partial charge in [0.1, 0.15) is 0 Å². The average molecular weight is 328 g/mol. The molecule has 1 amide bonds. The standard InChI is InChI=1S/C18H20N2O2S/c1-2-9-20-16-8-11-19(10-7-14(16)5-6-17(20)21)18(22)13-15-4-3-12-23-15/h2-6,12H,1,7-11,13H2. The predicted octanol–water partition coefficient (Wildman–Crippen LogP) is 2.27. The number of fused-ring (bicyclic) bond motifs is 1. The van der Waals surface area contributed by atoms with Crippen molar-refractivity contribution in [2.24, 2.45) is 0 Å². The first-order chi connectivity index (χ1) is 11.2. The van der Waals surface area contributed by atoms with Gasteiger partial charge in [-0.15, -0.1) is 17.9 Å². The summed E-state index contributed by atoms with van der Waals surface area (Å²) in [5.41, 5.74) is 2.21. The lowest BCUT2D eigenvalue weighted by Gasteiger charge is -2.20. The minimum Gasteiger partial charge on any atom is -0.342 e. The number of thiophene rings is 1. The van der Waals surface area contributed by atoms with Crippen LogP contribution in [0.3, 0.4) is 0 Å². The number of rotatable bonds is 4. The number of amides is 1. The molecule has 0 aliphatic carbocycles. The van der Waals surface area contributed by atoms with Gasteiger partial charge in [-0.1, -0.05) is 18.2 Å². The first kappa shape index (κ1) is 15.7. The largest absolute Gasteiger partial charge is 0.342 e. The Hall–Kier alpha value is -2.14. The van der Waals surface area contributed by atoms with Crippen LogP contribution in [0.2, 0.25) is 0 Å². The molecule has 2 aromatic heterocycles. The van der Waals surface area contributed by atoms with Crippen LogP contribution in [0.1, 0.15) is 16.1 Å². The van der Waals surface area contributed by atoms with Crippen molar-refractivity contribution in [3.8, 4) is 0 Å². The van der Waals surface area contributed by atoms with E-state index in [0.717, 1.165) is 29.0 Å². The van der Waals surface area contributed by atoms with Crippen LogP contribution in [-0.2, 0) is 30.6 Å². The van der Waals surface area contributed by atoms with E-state index in [-0.39, 0.29) is 11.5 Å². The van der Waals surface area contributed by atoms with Crippen LogP contribution in [0.5, 0.6) is 0 Å². The highest BCUT2D eigenvalue weighted by molar-refractivity contribution is 7.10. The topological polar surface area (TPSA) is 42.3 Å². The summed E-state index contributed by atoms with van der Waals surface area (Å²) in [6.45, 7) is 5.63. The van der Waals surface area contributed by atoms with Crippen LogP contribution in [0, 0.1) is 0 Å². The third-order valence-electron chi connectivity index (χ3n) is 4.23. The van der Waals surface area contributed by atoms with E-state index in [2.05, 4.69) is 6.58 Å². The lowest BCUT2D eigenvalue weighted by molar-refractivity contribution is -0.130. The van der Waals surface area contributed by atoms with Crippen LogP contribution in [-0.4, -0.2) is 28.5 Å². The van der Waals surface area contributed by atoms with Gasteiger partial charge in [-0.25, -0.2) is 0 Å². The van der Waals surface area contributed by atoms with Crippen LogP contribution in [0.4, 0.5) is 0 Å². The molecule has 3 rings (SSSR count). The Balaban J connectivity index is 1.77. The molecule has 0 atom stereocenters. The maximum Gasteiger partial charge on any atom is 0.251 e. The fourth-order valence-electron chi connectivity index (χ4n) is 3.05. The molecular formula is C18H20N2O2S. The zero-order chi connectivity index (χ0) is 16.2. The summed E-state index contributed by atoms with van der Waals surface area (Å²) in [7, 11) is 0. The molecule has 0 bridgehead atoms. The zero-order valence-corrected chi connectivity index (χ0v) is 13.8. The first-order valence-electron chi connectivity index (χ1n) is 7.81. The van der Waals surface area contributed by atoms with Crippen molar-refractivity contribution in [1.82, 2.24) is 9.47 Å². The van der Waals surface area contributed by atoms with Crippen LogP contribution in [0.25, 0.3) is 0 Å². The molecule has 1 aliphatic heterocycles. The summed E-state index contributed by atoms with van der Waals surface area (Å²) < 4.78 is 1.77. The summed E-state index contributed by atoms with van der Waals surface area (Å²) in [6, 6.07) is 7.49. The lowest BCUT2D eigenvalue weighted by atomic mass is 10.1. The molecule has 4 nitrogen and oxygen atoms in total. The number of aromatic nitrogens is 1. The average Bonchev–Trinajstić information content (AvgIpc) is 2.94. The van der Waals surface area contributed by atoms with E-state index in [1.54, 1.807) is 28.0 Å². The Morgan fingerprint density at radius 2 is 2.09 bits per heavy atom. The molecule has 0 radical (unpaired) electrons. The highest BCUT2D eigenvalue weighted by Gasteiger charge is 2.20. The molecule has 0 unspecified atom stereocenters. The third kappa shape index (κ3) is 3.45. The molecule has 0 spiro atoms. The Bertz CT molecular complexity index is 762. The van der Waals surface area contributed by atoms with Gasteiger partial charge in [-0.05, 0) is 23.4 Å². The Labute approximate surface area is 139 Å².